The van der Waals surface area contributed by atoms with Crippen LogP contribution in [0.3, 0.4) is 0 Å². The molecule has 3 nitrogen and oxygen atoms in total. The third kappa shape index (κ3) is 2.10. The van der Waals surface area contributed by atoms with Crippen molar-refractivity contribution in [2.45, 2.75) is 0 Å². The summed E-state index contributed by atoms with van der Waals surface area (Å²) in [7, 11) is 0. The van der Waals surface area contributed by atoms with Gasteiger partial charge in [0.25, 0.3) is 5.56 Å². The Morgan fingerprint density at radius 3 is 1.95 bits per heavy atom. The number of hydrogen-bond donors (Lipinski definition) is 2. The monoisotopic (exact) mass is 263 g/mol. The Morgan fingerprint density at radius 1 is 0.800 bits per heavy atom. The number of pyridine rings is 1. The molecule has 0 amide bonds. The van der Waals surface area contributed by atoms with Gasteiger partial charge in [-0.3, -0.25) is 4.79 Å². The van der Waals surface area contributed by atoms with Crippen LogP contribution in [0.15, 0.2) is 71.7 Å². The Balaban J connectivity index is 2.25. The lowest BCUT2D eigenvalue weighted by Gasteiger charge is -2.09. The van der Waals surface area contributed by atoms with Crippen LogP contribution in [0.25, 0.3) is 22.3 Å². The van der Waals surface area contributed by atoms with Gasteiger partial charge in [0.1, 0.15) is 5.75 Å². The Labute approximate surface area is 116 Å². The maximum atomic E-state index is 12.0. The highest BCUT2D eigenvalue weighted by molar-refractivity contribution is 5.80. The van der Waals surface area contributed by atoms with Crippen molar-refractivity contribution < 1.29 is 5.11 Å². The van der Waals surface area contributed by atoms with Crippen molar-refractivity contribution >= 4 is 0 Å². The molecule has 0 aliphatic heterocycles. The van der Waals surface area contributed by atoms with Gasteiger partial charge in [-0.1, -0.05) is 60.7 Å². The van der Waals surface area contributed by atoms with E-state index >= 15 is 0 Å². The zero-order valence-corrected chi connectivity index (χ0v) is 10.7. The van der Waals surface area contributed by atoms with Crippen LogP contribution in [0.4, 0.5) is 0 Å². The number of hydrogen-bond acceptors (Lipinski definition) is 2. The van der Waals surface area contributed by atoms with Crippen molar-refractivity contribution in [3.8, 4) is 28.0 Å². The molecule has 0 saturated heterocycles. The molecule has 3 aromatic rings. The van der Waals surface area contributed by atoms with Crippen molar-refractivity contribution in [2.75, 3.05) is 0 Å². The Hall–Kier alpha value is -2.81. The molecule has 3 rings (SSSR count). The Kier molecular flexibility index (Phi) is 3.09. The lowest BCUT2D eigenvalue weighted by molar-refractivity contribution is 0.478. The summed E-state index contributed by atoms with van der Waals surface area (Å²) < 4.78 is 0. The zero-order valence-electron chi connectivity index (χ0n) is 10.7. The van der Waals surface area contributed by atoms with Crippen molar-refractivity contribution in [3.63, 3.8) is 0 Å². The SMILES string of the molecule is O=c1[nH]cc(-c2ccccc2)c(O)c1-c1ccccc1. The van der Waals surface area contributed by atoms with E-state index in [1.807, 2.05) is 48.5 Å². The molecular formula is C17H13NO2. The van der Waals surface area contributed by atoms with E-state index in [0.717, 1.165) is 5.56 Å². The first-order valence-electron chi connectivity index (χ1n) is 6.33. The number of H-pyrrole nitrogens is 1. The van der Waals surface area contributed by atoms with E-state index < -0.39 is 0 Å². The number of benzene rings is 2. The third-order valence-corrected chi connectivity index (χ3v) is 3.21. The molecule has 0 bridgehead atoms. The van der Waals surface area contributed by atoms with Gasteiger partial charge in [-0.25, -0.2) is 0 Å². The lowest BCUT2D eigenvalue weighted by atomic mass is 10.0. The van der Waals surface area contributed by atoms with Gasteiger partial charge in [0.05, 0.1) is 5.56 Å². The van der Waals surface area contributed by atoms with E-state index in [1.54, 1.807) is 18.3 Å². The standard InChI is InChI=1S/C17H13NO2/c19-16-14(12-7-3-1-4-8-12)11-18-17(20)15(16)13-9-5-2-6-10-13/h1-11H,(H2,18,19,20). The maximum Gasteiger partial charge on any atom is 0.259 e. The summed E-state index contributed by atoms with van der Waals surface area (Å²) >= 11 is 0. The first-order chi connectivity index (χ1) is 9.77. The fraction of sp³-hybridized carbons (Fsp3) is 0. The fourth-order valence-electron chi connectivity index (χ4n) is 2.23. The minimum Gasteiger partial charge on any atom is -0.506 e. The van der Waals surface area contributed by atoms with Crippen LogP contribution >= 0.6 is 0 Å². The van der Waals surface area contributed by atoms with E-state index in [0.29, 0.717) is 16.7 Å². The molecule has 20 heavy (non-hydrogen) atoms. The highest BCUT2D eigenvalue weighted by Gasteiger charge is 2.14. The van der Waals surface area contributed by atoms with E-state index in [-0.39, 0.29) is 11.3 Å². The highest BCUT2D eigenvalue weighted by atomic mass is 16.3. The second kappa shape index (κ2) is 5.05. The summed E-state index contributed by atoms with van der Waals surface area (Å²) in [6.07, 6.45) is 1.54. The quantitative estimate of drug-likeness (QED) is 0.744. The molecule has 3 heteroatoms. The van der Waals surface area contributed by atoms with Gasteiger partial charge in [0, 0.05) is 11.8 Å². The van der Waals surface area contributed by atoms with E-state index in [2.05, 4.69) is 4.98 Å². The van der Waals surface area contributed by atoms with Crippen molar-refractivity contribution in [1.82, 2.24) is 4.98 Å². The summed E-state index contributed by atoms with van der Waals surface area (Å²) in [4.78, 5) is 14.7. The van der Waals surface area contributed by atoms with Crippen LogP contribution < -0.4 is 5.56 Å². The van der Waals surface area contributed by atoms with Crippen LogP contribution in [-0.4, -0.2) is 10.1 Å². The summed E-state index contributed by atoms with van der Waals surface area (Å²) in [5.74, 6) is 0.00569. The van der Waals surface area contributed by atoms with Crippen LogP contribution in [-0.2, 0) is 0 Å². The smallest absolute Gasteiger partial charge is 0.259 e. The number of aromatic nitrogens is 1. The van der Waals surface area contributed by atoms with E-state index in [4.69, 9.17) is 0 Å². The normalized spacial score (nSPS) is 10.4. The zero-order chi connectivity index (χ0) is 13.9. The van der Waals surface area contributed by atoms with Gasteiger partial charge in [0.15, 0.2) is 0 Å². The van der Waals surface area contributed by atoms with Crippen molar-refractivity contribution in [1.29, 1.82) is 0 Å². The molecule has 0 aliphatic carbocycles. The van der Waals surface area contributed by atoms with Gasteiger partial charge in [0.2, 0.25) is 0 Å². The van der Waals surface area contributed by atoms with Crippen LogP contribution in [0.5, 0.6) is 5.75 Å². The molecular weight excluding hydrogens is 250 g/mol. The van der Waals surface area contributed by atoms with Gasteiger partial charge in [-0.2, -0.15) is 0 Å². The van der Waals surface area contributed by atoms with Crippen LogP contribution in [0.1, 0.15) is 0 Å². The number of aromatic amines is 1. The van der Waals surface area contributed by atoms with Gasteiger partial charge in [-0.05, 0) is 11.1 Å². The molecule has 0 unspecified atom stereocenters. The summed E-state index contributed by atoms with van der Waals surface area (Å²) in [6, 6.07) is 18.6. The molecule has 2 N–H and O–H groups in total. The van der Waals surface area contributed by atoms with Crippen molar-refractivity contribution in [3.05, 3.63) is 77.2 Å². The average molecular weight is 263 g/mol. The molecule has 2 aromatic carbocycles. The summed E-state index contributed by atoms with van der Waals surface area (Å²) in [6.45, 7) is 0. The second-order valence-corrected chi connectivity index (χ2v) is 4.49. The Morgan fingerprint density at radius 2 is 1.35 bits per heavy atom. The molecule has 1 aromatic heterocycles. The second-order valence-electron chi connectivity index (χ2n) is 4.49. The molecule has 0 radical (unpaired) electrons. The third-order valence-electron chi connectivity index (χ3n) is 3.21. The van der Waals surface area contributed by atoms with E-state index in [1.165, 1.54) is 0 Å². The van der Waals surface area contributed by atoms with Gasteiger partial charge < -0.3 is 10.1 Å². The minimum atomic E-state index is -0.298. The first kappa shape index (κ1) is 12.2. The first-order valence-corrected chi connectivity index (χ1v) is 6.33. The van der Waals surface area contributed by atoms with Crippen LogP contribution in [0, 0.1) is 0 Å². The van der Waals surface area contributed by atoms with Crippen LogP contribution in [0.2, 0.25) is 0 Å². The molecule has 0 spiro atoms. The molecule has 98 valence electrons. The topological polar surface area (TPSA) is 53.1 Å². The predicted octanol–water partition coefficient (Wildman–Crippen LogP) is 3.41. The van der Waals surface area contributed by atoms with Crippen molar-refractivity contribution in [2.24, 2.45) is 0 Å². The summed E-state index contributed by atoms with van der Waals surface area (Å²) in [5.41, 5.74) is 2.17. The highest BCUT2D eigenvalue weighted by Crippen LogP contribution is 2.34. The minimum absolute atomic E-state index is 0.00569. The maximum absolute atomic E-state index is 12.0. The molecule has 0 fully saturated rings. The lowest BCUT2D eigenvalue weighted by Crippen LogP contribution is -2.08. The number of rotatable bonds is 2. The fourth-order valence-corrected chi connectivity index (χ4v) is 2.23. The predicted molar refractivity (Wildman–Crippen MR) is 79.6 cm³/mol. The number of nitrogens with one attached hydrogen (secondary N) is 1. The molecule has 0 saturated carbocycles. The summed E-state index contributed by atoms with van der Waals surface area (Å²) in [5, 5.41) is 10.5. The van der Waals surface area contributed by atoms with E-state index in [9.17, 15) is 9.90 Å². The molecule has 0 atom stereocenters. The number of aromatic hydroxyl groups is 1. The molecule has 0 aliphatic rings. The van der Waals surface area contributed by atoms with Gasteiger partial charge >= 0.3 is 0 Å². The largest absolute Gasteiger partial charge is 0.506 e. The average Bonchev–Trinajstić information content (AvgIpc) is 2.49. The molecule has 1 heterocycles. The van der Waals surface area contributed by atoms with Gasteiger partial charge in [-0.15, -0.1) is 0 Å². The Bertz CT molecular complexity index is 777.